The molecular formula is C18H34O2Si2. The fourth-order valence-corrected chi connectivity index (χ4v) is 8.16. The van der Waals surface area contributed by atoms with E-state index in [1.54, 1.807) is 0 Å². The van der Waals surface area contributed by atoms with E-state index in [-0.39, 0.29) is 11.2 Å². The Balaban J connectivity index is 3.00. The van der Waals surface area contributed by atoms with E-state index < -0.39 is 16.6 Å². The van der Waals surface area contributed by atoms with Crippen molar-refractivity contribution in [2.24, 2.45) is 0 Å². The second kappa shape index (κ2) is 6.23. The summed E-state index contributed by atoms with van der Waals surface area (Å²) in [5, 5.41) is 2.68. The van der Waals surface area contributed by atoms with Crippen molar-refractivity contribution in [1.82, 2.24) is 0 Å². The van der Waals surface area contributed by atoms with Crippen molar-refractivity contribution in [1.29, 1.82) is 0 Å². The number of benzene rings is 1. The first kappa shape index (κ1) is 19.6. The molecule has 0 saturated heterocycles. The number of hydrogen-bond acceptors (Lipinski definition) is 2. The standard InChI is InChI=1S/C18H34O2Si2/c1-17(2,3)19-21(7,8)15-11-13-16(14-12-15)22(9,10)20-18(4,5)6/h11-14H,1-10H3. The van der Waals surface area contributed by atoms with E-state index in [4.69, 9.17) is 8.85 Å². The highest BCUT2D eigenvalue weighted by Crippen LogP contribution is 2.18. The van der Waals surface area contributed by atoms with Crippen molar-refractivity contribution in [3.8, 4) is 0 Å². The van der Waals surface area contributed by atoms with Gasteiger partial charge >= 0.3 is 0 Å². The molecule has 0 heterocycles. The van der Waals surface area contributed by atoms with Gasteiger partial charge in [-0.3, -0.25) is 0 Å². The lowest BCUT2D eigenvalue weighted by Gasteiger charge is -2.34. The zero-order chi connectivity index (χ0) is 17.4. The van der Waals surface area contributed by atoms with Gasteiger partial charge in [0.2, 0.25) is 16.6 Å². The zero-order valence-corrected chi connectivity index (χ0v) is 18.1. The van der Waals surface area contributed by atoms with Crippen LogP contribution in [0.15, 0.2) is 24.3 Å². The molecule has 22 heavy (non-hydrogen) atoms. The Morgan fingerprint density at radius 3 is 1.00 bits per heavy atom. The predicted octanol–water partition coefficient (Wildman–Crippen LogP) is 4.14. The minimum absolute atomic E-state index is 0.0994. The Bertz CT molecular complexity index is 444. The topological polar surface area (TPSA) is 18.5 Å². The molecule has 1 rings (SSSR count). The number of rotatable bonds is 4. The van der Waals surface area contributed by atoms with Gasteiger partial charge in [0, 0.05) is 11.2 Å². The monoisotopic (exact) mass is 338 g/mol. The van der Waals surface area contributed by atoms with Gasteiger partial charge in [0.25, 0.3) is 0 Å². The summed E-state index contributed by atoms with van der Waals surface area (Å²) in [7, 11) is -3.74. The van der Waals surface area contributed by atoms with Gasteiger partial charge in [0.1, 0.15) is 0 Å². The maximum absolute atomic E-state index is 6.34. The van der Waals surface area contributed by atoms with Gasteiger partial charge in [-0.2, -0.15) is 0 Å². The van der Waals surface area contributed by atoms with Crippen molar-refractivity contribution in [3.63, 3.8) is 0 Å². The summed E-state index contributed by atoms with van der Waals surface area (Å²) in [5.41, 5.74) is -0.199. The Morgan fingerprint density at radius 1 is 0.591 bits per heavy atom. The lowest BCUT2D eigenvalue weighted by atomic mass is 10.2. The molecule has 2 nitrogen and oxygen atoms in total. The first-order valence-corrected chi connectivity index (χ1v) is 14.0. The first-order valence-electron chi connectivity index (χ1n) is 8.14. The zero-order valence-electron chi connectivity index (χ0n) is 16.1. The molecule has 0 saturated carbocycles. The molecular weight excluding hydrogens is 304 g/mol. The Labute approximate surface area is 139 Å². The van der Waals surface area contributed by atoms with Crippen LogP contribution >= 0.6 is 0 Å². The summed E-state index contributed by atoms with van der Waals surface area (Å²) in [6.45, 7) is 21.8. The van der Waals surface area contributed by atoms with Crippen molar-refractivity contribution >= 4 is 27.0 Å². The predicted molar refractivity (Wildman–Crippen MR) is 102 cm³/mol. The largest absolute Gasteiger partial charge is 0.408 e. The first-order chi connectivity index (χ1) is 9.62. The molecule has 0 radical (unpaired) electrons. The Hall–Kier alpha value is -0.426. The van der Waals surface area contributed by atoms with Crippen LogP contribution in [0.25, 0.3) is 0 Å². The summed E-state index contributed by atoms with van der Waals surface area (Å²) >= 11 is 0. The van der Waals surface area contributed by atoms with Crippen LogP contribution in [0.1, 0.15) is 41.5 Å². The maximum Gasteiger partial charge on any atom is 0.218 e. The van der Waals surface area contributed by atoms with Crippen LogP contribution in [-0.4, -0.2) is 27.8 Å². The summed E-state index contributed by atoms with van der Waals surface area (Å²) in [4.78, 5) is 0. The molecule has 0 unspecified atom stereocenters. The van der Waals surface area contributed by atoms with Gasteiger partial charge in [0.05, 0.1) is 0 Å². The smallest absolute Gasteiger partial charge is 0.218 e. The van der Waals surface area contributed by atoms with E-state index in [2.05, 4.69) is 92.0 Å². The minimum atomic E-state index is -1.87. The molecule has 0 fully saturated rings. The Kier molecular flexibility index (Phi) is 5.55. The molecule has 126 valence electrons. The number of hydrogen-bond donors (Lipinski definition) is 0. The molecule has 0 aromatic heterocycles. The molecule has 4 heteroatoms. The van der Waals surface area contributed by atoms with Gasteiger partial charge in [-0.05, 0) is 78.1 Å². The summed E-state index contributed by atoms with van der Waals surface area (Å²) in [6, 6.07) is 8.98. The molecule has 0 bridgehead atoms. The Morgan fingerprint density at radius 2 is 0.818 bits per heavy atom. The average molecular weight is 339 g/mol. The van der Waals surface area contributed by atoms with Crippen LogP contribution in [0.3, 0.4) is 0 Å². The van der Waals surface area contributed by atoms with Crippen LogP contribution in [0.4, 0.5) is 0 Å². The van der Waals surface area contributed by atoms with Crippen molar-refractivity contribution in [2.75, 3.05) is 0 Å². The third-order valence-electron chi connectivity index (χ3n) is 3.40. The SMILES string of the molecule is CC(C)(C)O[Si](C)(C)c1ccc([Si](C)(C)OC(C)(C)C)cc1. The van der Waals surface area contributed by atoms with Crippen molar-refractivity contribution in [3.05, 3.63) is 24.3 Å². The van der Waals surface area contributed by atoms with Crippen LogP contribution in [0.5, 0.6) is 0 Å². The molecule has 0 aliphatic heterocycles. The van der Waals surface area contributed by atoms with Gasteiger partial charge in [-0.25, -0.2) is 0 Å². The summed E-state index contributed by atoms with van der Waals surface area (Å²) in [6.07, 6.45) is 0. The molecule has 0 aliphatic rings. The molecule has 0 atom stereocenters. The minimum Gasteiger partial charge on any atom is -0.408 e. The lowest BCUT2D eigenvalue weighted by Crippen LogP contribution is -2.52. The van der Waals surface area contributed by atoms with E-state index in [1.165, 1.54) is 10.4 Å². The van der Waals surface area contributed by atoms with E-state index in [0.29, 0.717) is 0 Å². The normalized spacial score (nSPS) is 14.3. The molecule has 0 N–H and O–H groups in total. The maximum atomic E-state index is 6.34. The fourth-order valence-electron chi connectivity index (χ4n) is 2.92. The summed E-state index contributed by atoms with van der Waals surface area (Å²) in [5.74, 6) is 0. The second-order valence-corrected chi connectivity index (χ2v) is 16.6. The van der Waals surface area contributed by atoms with E-state index in [0.717, 1.165) is 0 Å². The van der Waals surface area contributed by atoms with Gasteiger partial charge < -0.3 is 8.85 Å². The van der Waals surface area contributed by atoms with Gasteiger partial charge in [-0.15, -0.1) is 0 Å². The third-order valence-corrected chi connectivity index (χ3v) is 9.09. The highest BCUT2D eigenvalue weighted by Gasteiger charge is 2.33. The van der Waals surface area contributed by atoms with Crippen LogP contribution in [0.2, 0.25) is 26.2 Å². The van der Waals surface area contributed by atoms with Crippen LogP contribution in [-0.2, 0) is 8.85 Å². The molecule has 1 aromatic rings. The quantitative estimate of drug-likeness (QED) is 0.768. The second-order valence-electron chi connectivity index (χ2n) is 9.03. The van der Waals surface area contributed by atoms with E-state index >= 15 is 0 Å². The van der Waals surface area contributed by atoms with Crippen molar-refractivity contribution in [2.45, 2.75) is 78.9 Å². The molecule has 0 aliphatic carbocycles. The molecule has 1 aromatic carbocycles. The highest BCUT2D eigenvalue weighted by atomic mass is 28.4. The molecule has 0 spiro atoms. The lowest BCUT2D eigenvalue weighted by molar-refractivity contribution is 0.124. The fraction of sp³-hybridized carbons (Fsp3) is 0.667. The van der Waals surface area contributed by atoms with Crippen LogP contribution in [0, 0.1) is 0 Å². The van der Waals surface area contributed by atoms with Gasteiger partial charge in [0.15, 0.2) is 0 Å². The highest BCUT2D eigenvalue weighted by molar-refractivity contribution is 6.86. The van der Waals surface area contributed by atoms with Crippen LogP contribution < -0.4 is 10.4 Å². The van der Waals surface area contributed by atoms with Gasteiger partial charge in [-0.1, -0.05) is 24.3 Å². The third kappa shape index (κ3) is 5.99. The van der Waals surface area contributed by atoms with E-state index in [9.17, 15) is 0 Å². The molecule has 0 amide bonds. The van der Waals surface area contributed by atoms with Crippen molar-refractivity contribution < 1.29 is 8.85 Å². The average Bonchev–Trinajstić information content (AvgIpc) is 2.22. The summed E-state index contributed by atoms with van der Waals surface area (Å²) < 4.78 is 12.7. The van der Waals surface area contributed by atoms with E-state index in [1.807, 2.05) is 0 Å².